The Morgan fingerprint density at radius 3 is 2.38 bits per heavy atom. The Labute approximate surface area is 159 Å². The van der Waals surface area contributed by atoms with Crippen molar-refractivity contribution in [3.63, 3.8) is 0 Å². The first kappa shape index (κ1) is 22.7. The average molecular weight is 367 g/mol. The molecular formula is C21H38N2O3. The van der Waals surface area contributed by atoms with Gasteiger partial charge in [0, 0.05) is 25.2 Å². The third kappa shape index (κ3) is 9.93. The summed E-state index contributed by atoms with van der Waals surface area (Å²) < 4.78 is 5.49. The molecule has 1 rings (SSSR count). The van der Waals surface area contributed by atoms with Crippen molar-refractivity contribution in [3.05, 3.63) is 0 Å². The van der Waals surface area contributed by atoms with E-state index in [1.807, 2.05) is 6.92 Å². The SMILES string of the molecule is CCCCCCCCCCCC(=O)OC(C)N1CCCN=C(C)CC1=O. The van der Waals surface area contributed by atoms with Crippen molar-refractivity contribution < 1.29 is 14.3 Å². The Kier molecular flexibility index (Phi) is 12.0. The fourth-order valence-corrected chi connectivity index (χ4v) is 3.29. The Balaban J connectivity index is 2.15. The van der Waals surface area contributed by atoms with Crippen molar-refractivity contribution in [2.45, 2.75) is 104 Å². The minimum Gasteiger partial charge on any atom is -0.442 e. The summed E-state index contributed by atoms with van der Waals surface area (Å²) in [6, 6.07) is 0. The van der Waals surface area contributed by atoms with Crippen LogP contribution in [-0.4, -0.2) is 41.8 Å². The minimum absolute atomic E-state index is 0.00526. The van der Waals surface area contributed by atoms with E-state index in [2.05, 4.69) is 11.9 Å². The van der Waals surface area contributed by atoms with Crippen LogP contribution in [0.25, 0.3) is 0 Å². The summed E-state index contributed by atoms with van der Waals surface area (Å²) in [6.07, 6.45) is 12.1. The zero-order valence-corrected chi connectivity index (χ0v) is 17.1. The van der Waals surface area contributed by atoms with Gasteiger partial charge in [-0.3, -0.25) is 14.6 Å². The minimum atomic E-state index is -0.487. The highest BCUT2D eigenvalue weighted by molar-refractivity contribution is 6.00. The third-order valence-corrected chi connectivity index (χ3v) is 4.89. The average Bonchev–Trinajstić information content (AvgIpc) is 2.58. The van der Waals surface area contributed by atoms with Gasteiger partial charge in [0.15, 0.2) is 6.23 Å². The van der Waals surface area contributed by atoms with Crippen LogP contribution in [0.4, 0.5) is 0 Å². The van der Waals surface area contributed by atoms with Crippen LogP contribution in [0.3, 0.4) is 0 Å². The highest BCUT2D eigenvalue weighted by atomic mass is 16.6. The molecule has 0 N–H and O–H groups in total. The van der Waals surface area contributed by atoms with Gasteiger partial charge in [-0.05, 0) is 26.7 Å². The number of unbranched alkanes of at least 4 members (excludes halogenated alkanes) is 8. The molecule has 0 aromatic rings. The number of esters is 1. The Hall–Kier alpha value is -1.39. The lowest BCUT2D eigenvalue weighted by atomic mass is 10.1. The van der Waals surface area contributed by atoms with Crippen molar-refractivity contribution in [3.8, 4) is 0 Å². The fraction of sp³-hybridized carbons (Fsp3) is 0.857. The van der Waals surface area contributed by atoms with E-state index in [9.17, 15) is 9.59 Å². The molecule has 150 valence electrons. The van der Waals surface area contributed by atoms with Crippen LogP contribution in [0.15, 0.2) is 4.99 Å². The van der Waals surface area contributed by atoms with Gasteiger partial charge in [0.25, 0.3) is 0 Å². The van der Waals surface area contributed by atoms with Gasteiger partial charge in [0.05, 0.1) is 6.42 Å². The summed E-state index contributed by atoms with van der Waals surface area (Å²) >= 11 is 0. The van der Waals surface area contributed by atoms with E-state index in [1.165, 1.54) is 44.9 Å². The second-order valence-corrected chi connectivity index (χ2v) is 7.40. The monoisotopic (exact) mass is 366 g/mol. The molecule has 1 unspecified atom stereocenters. The highest BCUT2D eigenvalue weighted by Crippen LogP contribution is 2.13. The van der Waals surface area contributed by atoms with Crippen LogP contribution < -0.4 is 0 Å². The zero-order chi connectivity index (χ0) is 19.2. The molecule has 1 heterocycles. The molecule has 1 atom stereocenters. The molecule has 0 saturated heterocycles. The standard InChI is InChI=1S/C21H38N2O3/c1-4-5-6-7-8-9-10-11-12-14-21(25)26-19(3)23-16-13-15-22-18(2)17-20(23)24/h19H,4-17H2,1-3H3. The molecule has 5 nitrogen and oxygen atoms in total. The number of rotatable bonds is 12. The number of carbonyl (C=O) groups excluding carboxylic acids is 2. The van der Waals surface area contributed by atoms with Gasteiger partial charge in [0.1, 0.15) is 0 Å². The van der Waals surface area contributed by atoms with Crippen LogP contribution in [0.2, 0.25) is 0 Å². The molecule has 0 bridgehead atoms. The zero-order valence-electron chi connectivity index (χ0n) is 17.1. The number of amides is 1. The molecule has 0 spiro atoms. The fourth-order valence-electron chi connectivity index (χ4n) is 3.29. The summed E-state index contributed by atoms with van der Waals surface area (Å²) in [5.41, 5.74) is 0.855. The van der Waals surface area contributed by atoms with Crippen LogP contribution in [0.5, 0.6) is 0 Å². The van der Waals surface area contributed by atoms with Gasteiger partial charge in [0.2, 0.25) is 5.91 Å². The molecule has 0 radical (unpaired) electrons. The summed E-state index contributed by atoms with van der Waals surface area (Å²) in [5, 5.41) is 0. The first-order valence-corrected chi connectivity index (χ1v) is 10.5. The summed E-state index contributed by atoms with van der Waals surface area (Å²) in [4.78, 5) is 30.3. The molecule has 0 aromatic heterocycles. The molecule has 1 aliphatic heterocycles. The summed E-state index contributed by atoms with van der Waals surface area (Å²) in [7, 11) is 0. The van der Waals surface area contributed by atoms with E-state index in [4.69, 9.17) is 4.74 Å². The second kappa shape index (κ2) is 13.8. The van der Waals surface area contributed by atoms with Crippen molar-refractivity contribution in [2.75, 3.05) is 13.1 Å². The van der Waals surface area contributed by atoms with Crippen molar-refractivity contribution >= 4 is 17.6 Å². The topological polar surface area (TPSA) is 59.0 Å². The summed E-state index contributed by atoms with van der Waals surface area (Å²) in [5.74, 6) is -0.199. The number of hydrogen-bond donors (Lipinski definition) is 0. The molecule has 5 heteroatoms. The maximum atomic E-state index is 12.3. The Morgan fingerprint density at radius 2 is 1.73 bits per heavy atom. The van der Waals surface area contributed by atoms with Crippen molar-refractivity contribution in [1.29, 1.82) is 0 Å². The lowest BCUT2D eigenvalue weighted by Crippen LogP contribution is -2.43. The predicted molar refractivity (Wildman–Crippen MR) is 106 cm³/mol. The van der Waals surface area contributed by atoms with E-state index in [0.29, 0.717) is 19.4 Å². The normalized spacial score (nSPS) is 16.7. The van der Waals surface area contributed by atoms with E-state index in [1.54, 1.807) is 11.8 Å². The van der Waals surface area contributed by atoms with Gasteiger partial charge in [-0.1, -0.05) is 58.3 Å². The van der Waals surface area contributed by atoms with Crippen LogP contribution in [0, 0.1) is 0 Å². The Bertz CT molecular complexity index is 449. The summed E-state index contributed by atoms with van der Waals surface area (Å²) in [6.45, 7) is 7.23. The molecule has 0 fully saturated rings. The molecule has 1 amide bonds. The number of nitrogens with zero attached hydrogens (tertiary/aromatic N) is 2. The quantitative estimate of drug-likeness (QED) is 0.365. The van der Waals surface area contributed by atoms with E-state index in [-0.39, 0.29) is 11.9 Å². The van der Waals surface area contributed by atoms with Crippen molar-refractivity contribution in [1.82, 2.24) is 4.90 Å². The lowest BCUT2D eigenvalue weighted by Gasteiger charge is -2.29. The molecule has 0 aromatic carbocycles. The van der Waals surface area contributed by atoms with Crippen LogP contribution in [0.1, 0.15) is 97.8 Å². The first-order chi connectivity index (χ1) is 12.5. The maximum Gasteiger partial charge on any atom is 0.307 e. The Morgan fingerprint density at radius 1 is 1.12 bits per heavy atom. The van der Waals surface area contributed by atoms with Crippen LogP contribution >= 0.6 is 0 Å². The molecule has 0 aliphatic carbocycles. The second-order valence-electron chi connectivity index (χ2n) is 7.40. The van der Waals surface area contributed by atoms with Gasteiger partial charge >= 0.3 is 5.97 Å². The largest absolute Gasteiger partial charge is 0.442 e. The van der Waals surface area contributed by atoms with Gasteiger partial charge in [-0.2, -0.15) is 0 Å². The number of carbonyl (C=O) groups is 2. The van der Waals surface area contributed by atoms with Gasteiger partial charge < -0.3 is 9.64 Å². The lowest BCUT2D eigenvalue weighted by molar-refractivity contribution is -0.163. The molecule has 26 heavy (non-hydrogen) atoms. The number of hydrogen-bond acceptors (Lipinski definition) is 4. The number of aliphatic imine (C=N–C) groups is 1. The third-order valence-electron chi connectivity index (χ3n) is 4.89. The smallest absolute Gasteiger partial charge is 0.307 e. The predicted octanol–water partition coefficient (Wildman–Crippen LogP) is 4.88. The van der Waals surface area contributed by atoms with Gasteiger partial charge in [-0.25, -0.2) is 0 Å². The van der Waals surface area contributed by atoms with E-state index in [0.717, 1.165) is 31.5 Å². The molecule has 1 aliphatic rings. The first-order valence-electron chi connectivity index (χ1n) is 10.5. The molecular weight excluding hydrogens is 328 g/mol. The van der Waals surface area contributed by atoms with Crippen LogP contribution in [-0.2, 0) is 14.3 Å². The van der Waals surface area contributed by atoms with E-state index >= 15 is 0 Å². The maximum absolute atomic E-state index is 12.3. The van der Waals surface area contributed by atoms with E-state index < -0.39 is 6.23 Å². The van der Waals surface area contributed by atoms with Crippen molar-refractivity contribution in [2.24, 2.45) is 4.99 Å². The number of ether oxygens (including phenoxy) is 1. The highest BCUT2D eigenvalue weighted by Gasteiger charge is 2.24. The molecule has 0 saturated carbocycles. The van der Waals surface area contributed by atoms with Gasteiger partial charge in [-0.15, -0.1) is 0 Å².